The van der Waals surface area contributed by atoms with Gasteiger partial charge in [-0.3, -0.25) is 0 Å². The highest BCUT2D eigenvalue weighted by atomic mass is 35.5. The topological polar surface area (TPSA) is 46.2 Å². The summed E-state index contributed by atoms with van der Waals surface area (Å²) in [5.74, 6) is -0.989. The Morgan fingerprint density at radius 2 is 2.06 bits per heavy atom. The Kier molecular flexibility index (Phi) is 4.29. The zero-order valence-electron chi connectivity index (χ0n) is 8.26. The van der Waals surface area contributed by atoms with Gasteiger partial charge in [-0.1, -0.05) is 12.1 Å². The van der Waals surface area contributed by atoms with E-state index < -0.39 is 5.82 Å². The number of benzene rings is 1. The maximum Gasteiger partial charge on any atom is 0.165 e. The van der Waals surface area contributed by atoms with Gasteiger partial charge in [0, 0.05) is 4.88 Å². The van der Waals surface area contributed by atoms with E-state index in [1.54, 1.807) is 6.07 Å². The van der Waals surface area contributed by atoms with Crippen molar-refractivity contribution in [1.82, 2.24) is 0 Å². The van der Waals surface area contributed by atoms with Crippen molar-refractivity contribution in [1.29, 1.82) is 0 Å². The molecule has 0 saturated carbocycles. The summed E-state index contributed by atoms with van der Waals surface area (Å²) in [6, 6.07) is 7.68. The zero-order valence-corrected chi connectivity index (χ0v) is 9.89. The van der Waals surface area contributed by atoms with Gasteiger partial charge in [0.25, 0.3) is 0 Å². The first kappa shape index (κ1) is 13.0. The molecule has 3 N–H and O–H groups in total. The lowest BCUT2D eigenvalue weighted by Gasteiger charge is -2.10. The van der Waals surface area contributed by atoms with E-state index in [0.717, 1.165) is 4.88 Å². The molecule has 0 spiro atoms. The number of nitrogens with two attached hydrogens (primary N) is 1. The van der Waals surface area contributed by atoms with Crippen LogP contribution in [0.4, 0.5) is 4.39 Å². The van der Waals surface area contributed by atoms with Gasteiger partial charge in [0.05, 0.1) is 6.04 Å². The van der Waals surface area contributed by atoms with Crippen molar-refractivity contribution >= 4 is 23.7 Å². The molecular formula is C11H11ClFNOS. The van der Waals surface area contributed by atoms with E-state index in [9.17, 15) is 4.39 Å². The fourth-order valence-electron chi connectivity index (χ4n) is 1.35. The predicted octanol–water partition coefficient (Wildman–Crippen LogP) is 3.06. The minimum atomic E-state index is -0.639. The molecule has 5 heteroatoms. The Morgan fingerprint density at radius 3 is 2.62 bits per heavy atom. The van der Waals surface area contributed by atoms with Crippen molar-refractivity contribution in [2.75, 3.05) is 0 Å². The molecule has 0 aliphatic rings. The Morgan fingerprint density at radius 1 is 1.31 bits per heavy atom. The van der Waals surface area contributed by atoms with E-state index in [-0.39, 0.29) is 24.2 Å². The van der Waals surface area contributed by atoms with Crippen LogP contribution in [0.2, 0.25) is 0 Å². The van der Waals surface area contributed by atoms with E-state index in [1.165, 1.54) is 23.5 Å². The molecule has 1 aromatic heterocycles. The summed E-state index contributed by atoms with van der Waals surface area (Å²) in [5, 5.41) is 11.0. The minimum absolute atomic E-state index is 0. The van der Waals surface area contributed by atoms with E-state index in [0.29, 0.717) is 5.56 Å². The molecule has 0 radical (unpaired) electrons. The fourth-order valence-corrected chi connectivity index (χ4v) is 2.10. The van der Waals surface area contributed by atoms with Crippen LogP contribution in [0.5, 0.6) is 5.75 Å². The quantitative estimate of drug-likeness (QED) is 0.871. The van der Waals surface area contributed by atoms with Crippen LogP contribution >= 0.6 is 23.7 Å². The van der Waals surface area contributed by atoms with Gasteiger partial charge in [-0.25, -0.2) is 4.39 Å². The van der Waals surface area contributed by atoms with Crippen LogP contribution in [0.15, 0.2) is 35.7 Å². The van der Waals surface area contributed by atoms with Crippen molar-refractivity contribution in [3.8, 4) is 5.75 Å². The van der Waals surface area contributed by atoms with Crippen LogP contribution in [0.3, 0.4) is 0 Å². The predicted molar refractivity (Wildman–Crippen MR) is 65.7 cm³/mol. The molecule has 1 aromatic carbocycles. The third-order valence-electron chi connectivity index (χ3n) is 2.18. The van der Waals surface area contributed by atoms with Crippen LogP contribution in [-0.4, -0.2) is 5.11 Å². The monoisotopic (exact) mass is 259 g/mol. The Balaban J connectivity index is 0.00000128. The van der Waals surface area contributed by atoms with Crippen LogP contribution in [-0.2, 0) is 0 Å². The van der Waals surface area contributed by atoms with Crippen molar-refractivity contribution in [2.24, 2.45) is 5.73 Å². The molecule has 0 aliphatic heterocycles. The molecular weight excluding hydrogens is 249 g/mol. The Labute approximate surface area is 103 Å². The Hall–Kier alpha value is -1.10. The van der Waals surface area contributed by atoms with Crippen molar-refractivity contribution < 1.29 is 9.50 Å². The van der Waals surface area contributed by atoms with E-state index in [4.69, 9.17) is 10.8 Å². The number of phenols is 1. The number of thiophene rings is 1. The lowest BCUT2D eigenvalue weighted by Crippen LogP contribution is -2.10. The third-order valence-corrected chi connectivity index (χ3v) is 3.14. The first-order valence-corrected chi connectivity index (χ1v) is 5.34. The normalized spacial score (nSPS) is 11.9. The molecule has 1 heterocycles. The van der Waals surface area contributed by atoms with Gasteiger partial charge in [-0.15, -0.1) is 23.7 Å². The highest BCUT2D eigenvalue weighted by molar-refractivity contribution is 7.10. The number of aromatic hydroxyl groups is 1. The number of rotatable bonds is 2. The summed E-state index contributed by atoms with van der Waals surface area (Å²) < 4.78 is 13.1. The summed E-state index contributed by atoms with van der Waals surface area (Å²) in [6.45, 7) is 0. The van der Waals surface area contributed by atoms with Gasteiger partial charge < -0.3 is 10.8 Å². The second kappa shape index (κ2) is 5.30. The molecule has 0 fully saturated rings. The molecule has 0 saturated heterocycles. The first-order chi connectivity index (χ1) is 7.18. The molecule has 2 nitrogen and oxygen atoms in total. The minimum Gasteiger partial charge on any atom is -0.505 e. The highest BCUT2D eigenvalue weighted by Crippen LogP contribution is 2.26. The summed E-state index contributed by atoms with van der Waals surface area (Å²) in [4.78, 5) is 0.972. The highest BCUT2D eigenvalue weighted by Gasteiger charge is 2.11. The standard InChI is InChI=1S/C11H10FNOS.ClH/c12-8-6-7(3-4-9(8)14)11(13)10-2-1-5-15-10;/h1-6,11,14H,13H2;1H/t11-;/m0./s1. The molecule has 2 rings (SSSR count). The van der Waals surface area contributed by atoms with Crippen molar-refractivity contribution in [3.05, 3.63) is 52.0 Å². The molecule has 0 amide bonds. The Bertz CT molecular complexity index is 461. The van der Waals surface area contributed by atoms with Crippen LogP contribution < -0.4 is 5.73 Å². The maximum absolute atomic E-state index is 13.1. The van der Waals surface area contributed by atoms with E-state index >= 15 is 0 Å². The average molecular weight is 260 g/mol. The molecule has 1 atom stereocenters. The average Bonchev–Trinajstić information content (AvgIpc) is 2.74. The summed E-state index contributed by atoms with van der Waals surface area (Å²) in [5.41, 5.74) is 6.60. The fraction of sp³-hybridized carbons (Fsp3) is 0.0909. The first-order valence-electron chi connectivity index (χ1n) is 4.46. The second-order valence-electron chi connectivity index (χ2n) is 3.20. The van der Waals surface area contributed by atoms with Crippen LogP contribution in [0.1, 0.15) is 16.5 Å². The summed E-state index contributed by atoms with van der Waals surface area (Å²) in [7, 11) is 0. The summed E-state index contributed by atoms with van der Waals surface area (Å²) in [6.07, 6.45) is 0. The SMILES string of the molecule is Cl.N[C@@H](c1ccc(O)c(F)c1)c1cccs1. The molecule has 16 heavy (non-hydrogen) atoms. The van der Waals surface area contributed by atoms with Crippen LogP contribution in [0.25, 0.3) is 0 Å². The lowest BCUT2D eigenvalue weighted by atomic mass is 10.1. The van der Waals surface area contributed by atoms with Gasteiger partial charge >= 0.3 is 0 Å². The van der Waals surface area contributed by atoms with Gasteiger partial charge in [0.15, 0.2) is 11.6 Å². The van der Waals surface area contributed by atoms with Gasteiger partial charge in [0.1, 0.15) is 0 Å². The van der Waals surface area contributed by atoms with E-state index in [1.807, 2.05) is 17.5 Å². The van der Waals surface area contributed by atoms with Crippen molar-refractivity contribution in [3.63, 3.8) is 0 Å². The molecule has 0 aliphatic carbocycles. The largest absolute Gasteiger partial charge is 0.505 e. The maximum atomic E-state index is 13.1. The second-order valence-corrected chi connectivity index (χ2v) is 4.18. The molecule has 0 unspecified atom stereocenters. The third kappa shape index (κ3) is 2.52. The summed E-state index contributed by atoms with van der Waals surface area (Å²) >= 11 is 1.53. The van der Waals surface area contributed by atoms with E-state index in [2.05, 4.69) is 0 Å². The molecule has 2 aromatic rings. The van der Waals surface area contributed by atoms with Gasteiger partial charge in [-0.2, -0.15) is 0 Å². The van der Waals surface area contributed by atoms with Gasteiger partial charge in [0.2, 0.25) is 0 Å². The van der Waals surface area contributed by atoms with Crippen molar-refractivity contribution in [2.45, 2.75) is 6.04 Å². The van der Waals surface area contributed by atoms with Crippen LogP contribution in [0, 0.1) is 5.82 Å². The molecule has 86 valence electrons. The molecule has 0 bridgehead atoms. The number of halogens is 2. The number of hydrogen-bond donors (Lipinski definition) is 2. The lowest BCUT2D eigenvalue weighted by molar-refractivity contribution is 0.431. The smallest absolute Gasteiger partial charge is 0.165 e. The number of hydrogen-bond acceptors (Lipinski definition) is 3. The zero-order chi connectivity index (χ0) is 10.8. The number of phenolic OH excluding ortho intramolecular Hbond substituents is 1. The van der Waals surface area contributed by atoms with Gasteiger partial charge in [-0.05, 0) is 29.1 Å².